The third kappa shape index (κ3) is 5.44. The van der Waals surface area contributed by atoms with Crippen molar-refractivity contribution in [3.8, 4) is 11.8 Å². The molecule has 0 bridgehead atoms. The molecule has 0 atom stereocenters. The molecule has 2 aromatic carbocycles. The van der Waals surface area contributed by atoms with Crippen LogP contribution < -0.4 is 5.32 Å². The molecule has 124 valence electrons. The number of likely N-dealkylation sites (tertiary alicyclic amines) is 1. The van der Waals surface area contributed by atoms with Crippen LogP contribution in [0.4, 0.5) is 5.69 Å². The first-order valence-corrected chi connectivity index (χ1v) is 8.99. The Kier molecular flexibility index (Phi) is 6.33. The van der Waals surface area contributed by atoms with Gasteiger partial charge in [-0.25, -0.2) is 0 Å². The molecule has 1 aliphatic rings. The van der Waals surface area contributed by atoms with Crippen molar-refractivity contribution in [2.24, 2.45) is 0 Å². The Morgan fingerprint density at radius 1 is 0.875 bits per heavy atom. The van der Waals surface area contributed by atoms with Crippen molar-refractivity contribution in [2.45, 2.75) is 32.2 Å². The van der Waals surface area contributed by atoms with E-state index in [1.165, 1.54) is 37.9 Å². The monoisotopic (exact) mass is 318 g/mol. The number of nitrogens with zero attached hydrogens (tertiary/aromatic N) is 1. The van der Waals surface area contributed by atoms with Crippen molar-refractivity contribution in [2.75, 3.05) is 25.0 Å². The summed E-state index contributed by atoms with van der Waals surface area (Å²) in [6.07, 6.45) is 5.07. The number of nitrogens with one attached hydrogen (secondary N) is 1. The normalized spacial score (nSPS) is 14.7. The van der Waals surface area contributed by atoms with Crippen LogP contribution in [0.15, 0.2) is 54.6 Å². The van der Waals surface area contributed by atoms with Crippen LogP contribution in [0.25, 0.3) is 0 Å². The quantitative estimate of drug-likeness (QED) is 0.815. The molecule has 2 nitrogen and oxygen atoms in total. The van der Waals surface area contributed by atoms with Gasteiger partial charge in [0.1, 0.15) is 0 Å². The zero-order chi connectivity index (χ0) is 16.5. The first-order chi connectivity index (χ1) is 11.9. The van der Waals surface area contributed by atoms with Crippen molar-refractivity contribution in [1.82, 2.24) is 4.90 Å². The Morgan fingerprint density at radius 2 is 1.62 bits per heavy atom. The smallest absolute Gasteiger partial charge is 0.0400 e. The molecule has 1 heterocycles. The standard InChI is InChI=1S/C22H26N2/c1-3-10-22(11-4-1)23-19-21-14-12-20(13-15-21)9-5-8-18-24-16-6-2-7-17-24/h1,3-4,10-15,23H,2,6-8,16-19H2. The van der Waals surface area contributed by atoms with Gasteiger partial charge < -0.3 is 10.2 Å². The minimum Gasteiger partial charge on any atom is -0.381 e. The fourth-order valence-corrected chi connectivity index (χ4v) is 3.03. The molecule has 0 aliphatic carbocycles. The van der Waals surface area contributed by atoms with Crippen LogP contribution in [0.3, 0.4) is 0 Å². The molecule has 1 saturated heterocycles. The van der Waals surface area contributed by atoms with E-state index < -0.39 is 0 Å². The number of piperidine rings is 1. The first kappa shape index (κ1) is 16.6. The number of hydrogen-bond acceptors (Lipinski definition) is 2. The lowest BCUT2D eigenvalue weighted by atomic mass is 10.1. The summed E-state index contributed by atoms with van der Waals surface area (Å²) in [5.41, 5.74) is 3.54. The summed E-state index contributed by atoms with van der Waals surface area (Å²) in [6.45, 7) is 4.47. The van der Waals surface area contributed by atoms with Gasteiger partial charge in [0.15, 0.2) is 0 Å². The average molecular weight is 318 g/mol. The highest BCUT2D eigenvalue weighted by atomic mass is 15.1. The predicted octanol–water partition coefficient (Wildman–Crippen LogP) is 4.53. The third-order valence-electron chi connectivity index (χ3n) is 4.46. The lowest BCUT2D eigenvalue weighted by Gasteiger charge is -2.25. The topological polar surface area (TPSA) is 15.3 Å². The van der Waals surface area contributed by atoms with Gasteiger partial charge in [0.25, 0.3) is 0 Å². The fraction of sp³-hybridized carbons (Fsp3) is 0.364. The Balaban J connectivity index is 1.43. The average Bonchev–Trinajstić information content (AvgIpc) is 2.66. The van der Waals surface area contributed by atoms with E-state index in [4.69, 9.17) is 0 Å². The number of anilines is 1. The van der Waals surface area contributed by atoms with Crippen molar-refractivity contribution in [3.05, 3.63) is 65.7 Å². The van der Waals surface area contributed by atoms with Crippen molar-refractivity contribution >= 4 is 5.69 Å². The highest BCUT2D eigenvalue weighted by molar-refractivity contribution is 5.44. The largest absolute Gasteiger partial charge is 0.381 e. The number of hydrogen-bond donors (Lipinski definition) is 1. The minimum absolute atomic E-state index is 0.840. The van der Waals surface area contributed by atoms with Crippen LogP contribution in [-0.4, -0.2) is 24.5 Å². The summed E-state index contributed by atoms with van der Waals surface area (Å²) < 4.78 is 0. The second kappa shape index (κ2) is 9.15. The zero-order valence-electron chi connectivity index (χ0n) is 14.3. The maximum atomic E-state index is 3.43. The molecular weight excluding hydrogens is 292 g/mol. The van der Waals surface area contributed by atoms with E-state index in [-0.39, 0.29) is 0 Å². The van der Waals surface area contributed by atoms with Gasteiger partial charge in [-0.1, -0.05) is 48.6 Å². The summed E-state index contributed by atoms with van der Waals surface area (Å²) >= 11 is 0. The van der Waals surface area contributed by atoms with Crippen LogP contribution in [0.5, 0.6) is 0 Å². The van der Waals surface area contributed by atoms with Gasteiger partial charge in [-0.3, -0.25) is 0 Å². The van der Waals surface area contributed by atoms with Gasteiger partial charge in [-0.2, -0.15) is 0 Å². The van der Waals surface area contributed by atoms with Crippen LogP contribution >= 0.6 is 0 Å². The molecule has 2 heteroatoms. The van der Waals surface area contributed by atoms with E-state index in [1.54, 1.807) is 0 Å². The fourth-order valence-electron chi connectivity index (χ4n) is 3.03. The predicted molar refractivity (Wildman–Crippen MR) is 102 cm³/mol. The molecule has 3 rings (SSSR count). The second-order valence-electron chi connectivity index (χ2n) is 6.37. The lowest BCUT2D eigenvalue weighted by Crippen LogP contribution is -2.30. The number of para-hydroxylation sites is 1. The summed E-state index contributed by atoms with van der Waals surface area (Å²) in [4.78, 5) is 2.54. The molecule has 1 aliphatic heterocycles. The lowest BCUT2D eigenvalue weighted by molar-refractivity contribution is 0.234. The SMILES string of the molecule is C(#Cc1ccc(CNc2ccccc2)cc1)CCN1CCCCC1. The number of benzene rings is 2. The maximum Gasteiger partial charge on any atom is 0.0400 e. The van der Waals surface area contributed by atoms with Crippen LogP contribution in [0, 0.1) is 11.8 Å². The maximum absolute atomic E-state index is 3.43. The van der Waals surface area contributed by atoms with E-state index in [2.05, 4.69) is 58.5 Å². The van der Waals surface area contributed by atoms with Crippen LogP contribution in [-0.2, 0) is 6.54 Å². The molecule has 24 heavy (non-hydrogen) atoms. The highest BCUT2D eigenvalue weighted by Crippen LogP contribution is 2.10. The van der Waals surface area contributed by atoms with Gasteiger partial charge in [-0.15, -0.1) is 0 Å². The molecule has 0 unspecified atom stereocenters. The molecule has 0 aromatic heterocycles. The highest BCUT2D eigenvalue weighted by Gasteiger charge is 2.07. The minimum atomic E-state index is 0.840. The van der Waals surface area contributed by atoms with Crippen molar-refractivity contribution in [3.63, 3.8) is 0 Å². The van der Waals surface area contributed by atoms with E-state index >= 15 is 0 Å². The molecular formula is C22H26N2. The summed E-state index contributed by atoms with van der Waals surface area (Å²) in [5.74, 6) is 6.61. The van der Waals surface area contributed by atoms with E-state index in [0.717, 1.165) is 30.8 Å². The van der Waals surface area contributed by atoms with E-state index in [9.17, 15) is 0 Å². The molecule has 1 fully saturated rings. The first-order valence-electron chi connectivity index (χ1n) is 8.99. The van der Waals surface area contributed by atoms with Crippen LogP contribution in [0.1, 0.15) is 36.8 Å². The Labute approximate surface area is 145 Å². The van der Waals surface area contributed by atoms with E-state index in [0.29, 0.717) is 0 Å². The van der Waals surface area contributed by atoms with Gasteiger partial charge in [0.2, 0.25) is 0 Å². The Hall–Kier alpha value is -2.24. The molecule has 1 N–H and O–H groups in total. The Morgan fingerprint density at radius 3 is 2.38 bits per heavy atom. The summed E-state index contributed by atoms with van der Waals surface area (Å²) in [5, 5.41) is 3.43. The van der Waals surface area contributed by atoms with Gasteiger partial charge >= 0.3 is 0 Å². The molecule has 0 spiro atoms. The second-order valence-corrected chi connectivity index (χ2v) is 6.37. The summed E-state index contributed by atoms with van der Waals surface area (Å²) in [6, 6.07) is 18.9. The molecule has 0 radical (unpaired) electrons. The Bertz CT molecular complexity index is 659. The number of rotatable bonds is 5. The molecule has 0 saturated carbocycles. The third-order valence-corrected chi connectivity index (χ3v) is 4.46. The van der Waals surface area contributed by atoms with E-state index in [1.807, 2.05) is 18.2 Å². The molecule has 0 amide bonds. The summed E-state index contributed by atoms with van der Waals surface area (Å²) in [7, 11) is 0. The van der Waals surface area contributed by atoms with Gasteiger partial charge in [-0.05, 0) is 55.8 Å². The van der Waals surface area contributed by atoms with Crippen LogP contribution in [0.2, 0.25) is 0 Å². The zero-order valence-corrected chi connectivity index (χ0v) is 14.3. The molecule has 2 aromatic rings. The van der Waals surface area contributed by atoms with Crippen molar-refractivity contribution in [1.29, 1.82) is 0 Å². The van der Waals surface area contributed by atoms with Gasteiger partial charge in [0, 0.05) is 30.8 Å². The van der Waals surface area contributed by atoms with Gasteiger partial charge in [0.05, 0.1) is 0 Å². The van der Waals surface area contributed by atoms with Crippen molar-refractivity contribution < 1.29 is 0 Å².